The molecule has 2 N–H and O–H groups in total. The van der Waals surface area contributed by atoms with Gasteiger partial charge in [-0.25, -0.2) is 4.79 Å². The molecule has 3 amide bonds. The molecular formula is C24H28ClN3O4. The molecule has 170 valence electrons. The minimum atomic E-state index is -0.287. The zero-order valence-electron chi connectivity index (χ0n) is 18.1. The van der Waals surface area contributed by atoms with E-state index in [0.29, 0.717) is 49.9 Å². The molecule has 1 saturated heterocycles. The van der Waals surface area contributed by atoms with Crippen LogP contribution in [0.4, 0.5) is 10.5 Å². The molecule has 0 spiro atoms. The number of nitrogens with zero attached hydrogens (tertiary/aromatic N) is 1. The Hall–Kier alpha value is -2.77. The van der Waals surface area contributed by atoms with Crippen molar-refractivity contribution in [2.75, 3.05) is 38.7 Å². The molecule has 2 aromatic rings. The molecule has 0 aromatic heterocycles. The quantitative estimate of drug-likeness (QED) is 0.713. The molecule has 4 rings (SSSR count). The molecule has 1 heterocycles. The zero-order chi connectivity index (χ0) is 22.5. The van der Waals surface area contributed by atoms with E-state index in [1.807, 2.05) is 29.2 Å². The van der Waals surface area contributed by atoms with Gasteiger partial charge in [-0.15, -0.1) is 0 Å². The molecule has 0 unspecified atom stereocenters. The van der Waals surface area contributed by atoms with Crippen molar-refractivity contribution in [2.24, 2.45) is 5.92 Å². The Labute approximate surface area is 193 Å². The Morgan fingerprint density at radius 3 is 2.38 bits per heavy atom. The fourth-order valence-electron chi connectivity index (χ4n) is 4.55. The third kappa shape index (κ3) is 5.34. The van der Waals surface area contributed by atoms with E-state index >= 15 is 0 Å². The average molecular weight is 458 g/mol. The van der Waals surface area contributed by atoms with Gasteiger partial charge in [-0.1, -0.05) is 23.7 Å². The lowest BCUT2D eigenvalue weighted by molar-refractivity contribution is -0.140. The van der Waals surface area contributed by atoms with Gasteiger partial charge in [-0.3, -0.25) is 4.79 Å². The minimum absolute atomic E-state index is 0.0251. The Morgan fingerprint density at radius 2 is 1.72 bits per heavy atom. The van der Waals surface area contributed by atoms with Gasteiger partial charge >= 0.3 is 6.03 Å². The molecule has 8 heteroatoms. The summed E-state index contributed by atoms with van der Waals surface area (Å²) in [5, 5.41) is 6.49. The maximum Gasteiger partial charge on any atom is 0.319 e. The van der Waals surface area contributed by atoms with Gasteiger partial charge in [0.2, 0.25) is 5.91 Å². The number of methoxy groups -OCH3 is 1. The first-order valence-electron chi connectivity index (χ1n) is 10.9. The molecule has 0 bridgehead atoms. The summed E-state index contributed by atoms with van der Waals surface area (Å²) < 4.78 is 10.7. The molecule has 2 fully saturated rings. The van der Waals surface area contributed by atoms with Gasteiger partial charge in [-0.2, -0.15) is 0 Å². The molecule has 1 aliphatic carbocycles. The maximum absolute atomic E-state index is 13.4. The number of nitrogens with one attached hydrogen (secondary N) is 2. The number of anilines is 1. The van der Waals surface area contributed by atoms with Crippen molar-refractivity contribution < 1.29 is 19.1 Å². The largest absolute Gasteiger partial charge is 0.497 e. The standard InChI is InChI=1S/C24H28ClN3O4/c1-31-20-8-2-16(3-9-20)21-14-19(15-22(21)23(29)28-10-12-32-13-11-28)27-24(30)26-18-6-4-17(25)5-7-18/h2-9,19,21-22H,10-15H2,1H3,(H2,26,27,30)/t19-,21+,22-/m0/s1. The number of urea groups is 1. The van der Waals surface area contributed by atoms with Crippen LogP contribution in [0.15, 0.2) is 48.5 Å². The normalized spacial score (nSPS) is 22.9. The van der Waals surface area contributed by atoms with Crippen LogP contribution < -0.4 is 15.4 Å². The summed E-state index contributed by atoms with van der Waals surface area (Å²) in [6.45, 7) is 2.35. The van der Waals surface area contributed by atoms with Crippen molar-refractivity contribution in [3.63, 3.8) is 0 Å². The molecule has 1 aliphatic heterocycles. The van der Waals surface area contributed by atoms with E-state index in [-0.39, 0.29) is 29.8 Å². The summed E-state index contributed by atoms with van der Waals surface area (Å²) in [5.74, 6) is 0.746. The van der Waals surface area contributed by atoms with Crippen LogP contribution in [0.5, 0.6) is 5.75 Å². The first-order valence-corrected chi connectivity index (χ1v) is 11.2. The van der Waals surface area contributed by atoms with E-state index in [1.165, 1.54) is 0 Å². The summed E-state index contributed by atoms with van der Waals surface area (Å²) >= 11 is 5.91. The third-order valence-corrected chi connectivity index (χ3v) is 6.44. The van der Waals surface area contributed by atoms with Crippen molar-refractivity contribution >= 4 is 29.2 Å². The Morgan fingerprint density at radius 1 is 1.03 bits per heavy atom. The van der Waals surface area contributed by atoms with E-state index in [1.54, 1.807) is 31.4 Å². The van der Waals surface area contributed by atoms with Crippen LogP contribution in [0, 0.1) is 5.92 Å². The second-order valence-electron chi connectivity index (χ2n) is 8.20. The Kier molecular flexibility index (Phi) is 7.17. The minimum Gasteiger partial charge on any atom is -0.497 e. The van der Waals surface area contributed by atoms with Crippen LogP contribution >= 0.6 is 11.6 Å². The summed E-state index contributed by atoms with van der Waals surface area (Å²) in [4.78, 5) is 27.8. The van der Waals surface area contributed by atoms with E-state index in [0.717, 1.165) is 11.3 Å². The molecule has 0 radical (unpaired) electrons. The van der Waals surface area contributed by atoms with Crippen molar-refractivity contribution in [3.8, 4) is 5.75 Å². The number of hydrogen-bond acceptors (Lipinski definition) is 4. The van der Waals surface area contributed by atoms with Crippen LogP contribution in [0.25, 0.3) is 0 Å². The number of carbonyl (C=O) groups is 2. The average Bonchev–Trinajstić information content (AvgIpc) is 3.24. The Bertz CT molecular complexity index is 929. The number of ether oxygens (including phenoxy) is 2. The van der Waals surface area contributed by atoms with Crippen molar-refractivity contribution in [1.29, 1.82) is 0 Å². The van der Waals surface area contributed by atoms with E-state index in [9.17, 15) is 9.59 Å². The van der Waals surface area contributed by atoms with Crippen LogP contribution in [0.2, 0.25) is 5.02 Å². The summed E-state index contributed by atoms with van der Waals surface area (Å²) in [6.07, 6.45) is 1.29. The lowest BCUT2D eigenvalue weighted by atomic mass is 9.88. The first-order chi connectivity index (χ1) is 15.5. The summed E-state index contributed by atoms with van der Waals surface area (Å²) in [5.41, 5.74) is 1.75. The fraction of sp³-hybridized carbons (Fsp3) is 0.417. The number of hydrogen-bond donors (Lipinski definition) is 2. The molecule has 2 aromatic carbocycles. The van der Waals surface area contributed by atoms with Gasteiger partial charge in [0.15, 0.2) is 0 Å². The lowest BCUT2D eigenvalue weighted by Crippen LogP contribution is -2.44. The molecule has 32 heavy (non-hydrogen) atoms. The van der Waals surface area contributed by atoms with Gasteiger partial charge in [0.1, 0.15) is 5.75 Å². The third-order valence-electron chi connectivity index (χ3n) is 6.18. The molecule has 7 nitrogen and oxygen atoms in total. The monoisotopic (exact) mass is 457 g/mol. The molecule has 1 saturated carbocycles. The summed E-state index contributed by atoms with van der Waals surface area (Å²) in [6, 6.07) is 14.4. The van der Waals surface area contributed by atoms with Crippen LogP contribution in [0.1, 0.15) is 24.3 Å². The molecule has 2 aliphatic rings. The zero-order valence-corrected chi connectivity index (χ0v) is 18.8. The van der Waals surface area contributed by atoms with E-state index in [4.69, 9.17) is 21.1 Å². The number of rotatable bonds is 5. The van der Waals surface area contributed by atoms with Gasteiger partial charge in [0, 0.05) is 35.8 Å². The highest BCUT2D eigenvalue weighted by Gasteiger charge is 2.42. The van der Waals surface area contributed by atoms with E-state index < -0.39 is 0 Å². The SMILES string of the molecule is COc1ccc([C@H]2C[C@H](NC(=O)Nc3ccc(Cl)cc3)C[C@@H]2C(=O)N2CCOCC2)cc1. The number of carbonyl (C=O) groups excluding carboxylic acids is 2. The van der Waals surface area contributed by atoms with Gasteiger partial charge < -0.3 is 25.0 Å². The topological polar surface area (TPSA) is 79.9 Å². The smallest absolute Gasteiger partial charge is 0.319 e. The highest BCUT2D eigenvalue weighted by atomic mass is 35.5. The van der Waals surface area contributed by atoms with Crippen molar-refractivity contribution in [2.45, 2.75) is 24.8 Å². The van der Waals surface area contributed by atoms with E-state index in [2.05, 4.69) is 10.6 Å². The second-order valence-corrected chi connectivity index (χ2v) is 8.63. The number of amides is 3. The molecule has 3 atom stereocenters. The van der Waals surface area contributed by atoms with Crippen molar-refractivity contribution in [1.82, 2.24) is 10.2 Å². The highest BCUT2D eigenvalue weighted by Crippen LogP contribution is 2.41. The fourth-order valence-corrected chi connectivity index (χ4v) is 4.68. The Balaban J connectivity index is 1.47. The highest BCUT2D eigenvalue weighted by molar-refractivity contribution is 6.30. The number of morpholine rings is 1. The van der Waals surface area contributed by atoms with Gasteiger partial charge in [0.05, 0.1) is 20.3 Å². The maximum atomic E-state index is 13.4. The number of benzene rings is 2. The van der Waals surface area contributed by atoms with Crippen LogP contribution in [-0.2, 0) is 9.53 Å². The van der Waals surface area contributed by atoms with Crippen LogP contribution in [0.3, 0.4) is 0 Å². The van der Waals surface area contributed by atoms with Gasteiger partial charge in [0.25, 0.3) is 0 Å². The lowest BCUT2D eigenvalue weighted by Gasteiger charge is -2.31. The first kappa shape index (κ1) is 22.4. The number of halogens is 1. The van der Waals surface area contributed by atoms with Crippen LogP contribution in [-0.4, -0.2) is 56.3 Å². The predicted octanol–water partition coefficient (Wildman–Crippen LogP) is 3.89. The second kappa shape index (κ2) is 10.2. The van der Waals surface area contributed by atoms with Crippen molar-refractivity contribution in [3.05, 3.63) is 59.1 Å². The predicted molar refractivity (Wildman–Crippen MR) is 123 cm³/mol. The van der Waals surface area contributed by atoms with Gasteiger partial charge in [-0.05, 0) is 60.7 Å². The molecular weight excluding hydrogens is 430 g/mol. The summed E-state index contributed by atoms with van der Waals surface area (Å²) in [7, 11) is 1.63.